The van der Waals surface area contributed by atoms with Crippen molar-refractivity contribution in [3.63, 3.8) is 0 Å². The Hall–Kier alpha value is -4.33. The molecule has 0 spiro atoms. The number of carbonyl (C=O) groups is 1. The molecule has 0 saturated carbocycles. The second-order valence-electron chi connectivity index (χ2n) is 9.51. The molecular formula is C32H31F3N2O3. The largest absolute Gasteiger partial charge is 0.494 e. The molecule has 3 aromatic carbocycles. The van der Waals surface area contributed by atoms with Gasteiger partial charge in [0.2, 0.25) is 0 Å². The van der Waals surface area contributed by atoms with Crippen LogP contribution < -0.4 is 15.6 Å². The second kappa shape index (κ2) is 13.2. The van der Waals surface area contributed by atoms with Crippen LogP contribution in [0.25, 0.3) is 22.4 Å². The number of aromatic amines is 1. The number of aryl methyl sites for hydroxylation is 1. The fourth-order valence-corrected chi connectivity index (χ4v) is 4.31. The molecule has 2 N–H and O–H groups in total. The van der Waals surface area contributed by atoms with E-state index in [1.807, 2.05) is 30.3 Å². The summed E-state index contributed by atoms with van der Waals surface area (Å²) >= 11 is 0. The van der Waals surface area contributed by atoms with Gasteiger partial charge in [0.05, 0.1) is 6.61 Å². The first-order chi connectivity index (χ1) is 19.2. The molecule has 0 unspecified atom stereocenters. The van der Waals surface area contributed by atoms with Crippen LogP contribution in [0.5, 0.6) is 5.75 Å². The Balaban J connectivity index is 1.64. The zero-order valence-electron chi connectivity index (χ0n) is 22.2. The fourth-order valence-electron chi connectivity index (χ4n) is 4.31. The summed E-state index contributed by atoms with van der Waals surface area (Å²) in [7, 11) is 0. The van der Waals surface area contributed by atoms with Crippen LogP contribution >= 0.6 is 0 Å². The van der Waals surface area contributed by atoms with Crippen LogP contribution in [0.2, 0.25) is 0 Å². The average molecular weight is 549 g/mol. The van der Waals surface area contributed by atoms with E-state index in [4.69, 9.17) is 4.74 Å². The number of nitrogens with one attached hydrogen (secondary N) is 2. The Morgan fingerprint density at radius 2 is 1.57 bits per heavy atom. The lowest BCUT2D eigenvalue weighted by atomic mass is 9.96. The van der Waals surface area contributed by atoms with E-state index in [1.165, 1.54) is 5.56 Å². The SMILES string of the molecule is CCCCc1ccc(-c2cc(-c3ccc(OCCCC(F)(F)F)cc3)[nH]c(=O)c2C(=O)Nc2ccccc2)cc1. The minimum absolute atomic E-state index is 0.00136. The van der Waals surface area contributed by atoms with Gasteiger partial charge >= 0.3 is 6.18 Å². The van der Waals surface area contributed by atoms with Gasteiger partial charge in [-0.05, 0) is 78.4 Å². The Kier molecular flexibility index (Phi) is 9.43. The smallest absolute Gasteiger partial charge is 0.389 e. The van der Waals surface area contributed by atoms with Gasteiger partial charge in [0, 0.05) is 23.4 Å². The predicted octanol–water partition coefficient (Wildman–Crippen LogP) is 8.03. The Morgan fingerprint density at radius 3 is 2.23 bits per heavy atom. The number of hydrogen-bond donors (Lipinski definition) is 2. The summed E-state index contributed by atoms with van der Waals surface area (Å²) in [6.07, 6.45) is -2.15. The van der Waals surface area contributed by atoms with Gasteiger partial charge in [-0.1, -0.05) is 55.8 Å². The van der Waals surface area contributed by atoms with E-state index >= 15 is 0 Å². The molecule has 0 saturated heterocycles. The first kappa shape index (κ1) is 28.7. The number of halogens is 3. The number of rotatable bonds is 11. The summed E-state index contributed by atoms with van der Waals surface area (Å²) in [6.45, 7) is 2.08. The molecule has 4 aromatic rings. The van der Waals surface area contributed by atoms with Crippen LogP contribution in [0.3, 0.4) is 0 Å². The molecular weight excluding hydrogens is 517 g/mol. The molecule has 4 rings (SSSR count). The molecule has 0 radical (unpaired) electrons. The van der Waals surface area contributed by atoms with Crippen LogP contribution in [0.15, 0.2) is 89.7 Å². The standard InChI is InChI=1S/C32H31F3N2O3/c1-2-3-8-22-11-13-23(14-12-22)27-21-28(24-15-17-26(18-16-24)40-20-7-19-32(33,34)35)37-31(39)29(27)30(38)36-25-9-5-4-6-10-25/h4-6,9-18,21H,2-3,7-8,19-20H2,1H3,(H,36,38)(H,37,39). The number of pyridine rings is 1. The van der Waals surface area contributed by atoms with Crippen LogP contribution in [-0.4, -0.2) is 23.7 Å². The number of para-hydroxylation sites is 1. The molecule has 1 aromatic heterocycles. The van der Waals surface area contributed by atoms with E-state index in [2.05, 4.69) is 17.2 Å². The predicted molar refractivity (Wildman–Crippen MR) is 152 cm³/mol. The summed E-state index contributed by atoms with van der Waals surface area (Å²) in [4.78, 5) is 29.5. The van der Waals surface area contributed by atoms with E-state index in [0.29, 0.717) is 28.3 Å². The van der Waals surface area contributed by atoms with Crippen molar-refractivity contribution in [2.75, 3.05) is 11.9 Å². The van der Waals surface area contributed by atoms with Gasteiger partial charge < -0.3 is 15.0 Å². The fraction of sp³-hybridized carbons (Fsp3) is 0.250. The molecule has 1 heterocycles. The highest BCUT2D eigenvalue weighted by Crippen LogP contribution is 2.29. The van der Waals surface area contributed by atoms with Gasteiger partial charge in [-0.3, -0.25) is 9.59 Å². The number of ether oxygens (including phenoxy) is 1. The van der Waals surface area contributed by atoms with Crippen LogP contribution in [-0.2, 0) is 6.42 Å². The maximum atomic E-state index is 13.3. The van der Waals surface area contributed by atoms with E-state index in [9.17, 15) is 22.8 Å². The summed E-state index contributed by atoms with van der Waals surface area (Å²) < 4.78 is 42.5. The topological polar surface area (TPSA) is 71.2 Å². The van der Waals surface area contributed by atoms with Gasteiger partial charge in [-0.25, -0.2) is 0 Å². The number of carbonyl (C=O) groups excluding carboxylic acids is 1. The normalized spacial score (nSPS) is 11.3. The number of anilines is 1. The zero-order valence-corrected chi connectivity index (χ0v) is 22.2. The van der Waals surface area contributed by atoms with Crippen LogP contribution in [0, 0.1) is 0 Å². The zero-order chi connectivity index (χ0) is 28.5. The van der Waals surface area contributed by atoms with Gasteiger partial charge in [0.25, 0.3) is 11.5 Å². The van der Waals surface area contributed by atoms with Crippen molar-refractivity contribution >= 4 is 11.6 Å². The van der Waals surface area contributed by atoms with E-state index < -0.39 is 24.1 Å². The molecule has 8 heteroatoms. The highest BCUT2D eigenvalue weighted by Gasteiger charge is 2.26. The molecule has 0 aliphatic heterocycles. The number of amides is 1. The summed E-state index contributed by atoms with van der Waals surface area (Å²) in [5.74, 6) is -0.0957. The number of H-pyrrole nitrogens is 1. The number of benzene rings is 3. The molecule has 40 heavy (non-hydrogen) atoms. The minimum atomic E-state index is -4.21. The van der Waals surface area contributed by atoms with Crippen molar-refractivity contribution in [2.45, 2.75) is 45.2 Å². The first-order valence-electron chi connectivity index (χ1n) is 13.3. The molecule has 0 bridgehead atoms. The van der Waals surface area contributed by atoms with Gasteiger partial charge in [0.1, 0.15) is 11.3 Å². The molecule has 0 fully saturated rings. The number of alkyl halides is 3. The van der Waals surface area contributed by atoms with E-state index in [0.717, 1.165) is 24.8 Å². The summed E-state index contributed by atoms with van der Waals surface area (Å²) in [5, 5.41) is 2.80. The van der Waals surface area contributed by atoms with Crippen LogP contribution in [0.4, 0.5) is 18.9 Å². The van der Waals surface area contributed by atoms with Gasteiger partial charge in [0.15, 0.2) is 0 Å². The maximum absolute atomic E-state index is 13.3. The summed E-state index contributed by atoms with van der Waals surface area (Å²) in [6, 6.07) is 25.2. The number of hydrogen-bond acceptors (Lipinski definition) is 3. The van der Waals surface area contributed by atoms with Crippen molar-refractivity contribution in [1.82, 2.24) is 4.98 Å². The van der Waals surface area contributed by atoms with E-state index in [-0.39, 0.29) is 18.6 Å². The van der Waals surface area contributed by atoms with Crippen molar-refractivity contribution in [2.24, 2.45) is 0 Å². The monoisotopic (exact) mass is 548 g/mol. The lowest BCUT2D eigenvalue weighted by Crippen LogP contribution is -2.25. The lowest BCUT2D eigenvalue weighted by Gasteiger charge is -2.13. The molecule has 1 amide bonds. The molecule has 0 atom stereocenters. The van der Waals surface area contributed by atoms with Crippen LogP contribution in [0.1, 0.15) is 48.5 Å². The van der Waals surface area contributed by atoms with Crippen molar-refractivity contribution in [3.05, 3.63) is 106 Å². The molecule has 0 aliphatic carbocycles. The van der Waals surface area contributed by atoms with E-state index in [1.54, 1.807) is 54.6 Å². The van der Waals surface area contributed by atoms with Crippen molar-refractivity contribution < 1.29 is 22.7 Å². The molecule has 0 aliphatic rings. The first-order valence-corrected chi connectivity index (χ1v) is 13.3. The maximum Gasteiger partial charge on any atom is 0.389 e. The minimum Gasteiger partial charge on any atom is -0.494 e. The molecule has 208 valence electrons. The van der Waals surface area contributed by atoms with Gasteiger partial charge in [-0.2, -0.15) is 13.2 Å². The second-order valence-corrected chi connectivity index (χ2v) is 9.51. The molecule has 5 nitrogen and oxygen atoms in total. The Bertz CT molecular complexity index is 1460. The third kappa shape index (κ3) is 7.85. The quantitative estimate of drug-likeness (QED) is 0.186. The highest BCUT2D eigenvalue weighted by atomic mass is 19.4. The summed E-state index contributed by atoms with van der Waals surface area (Å²) in [5.41, 5.74) is 3.59. The van der Waals surface area contributed by atoms with Crippen molar-refractivity contribution in [1.29, 1.82) is 0 Å². The lowest BCUT2D eigenvalue weighted by molar-refractivity contribution is -0.136. The number of aromatic nitrogens is 1. The Labute approximate surface area is 231 Å². The third-order valence-corrected chi connectivity index (χ3v) is 6.41. The number of unbranched alkanes of at least 4 members (excludes halogenated alkanes) is 1. The average Bonchev–Trinajstić information content (AvgIpc) is 2.94. The Morgan fingerprint density at radius 1 is 0.900 bits per heavy atom. The van der Waals surface area contributed by atoms with Gasteiger partial charge in [-0.15, -0.1) is 0 Å². The third-order valence-electron chi connectivity index (χ3n) is 6.41. The highest BCUT2D eigenvalue weighted by molar-refractivity contribution is 6.08. The van der Waals surface area contributed by atoms with Crippen molar-refractivity contribution in [3.8, 4) is 28.1 Å².